The molecule has 0 fully saturated rings. The minimum absolute atomic E-state index is 0.0370. The quantitative estimate of drug-likeness (QED) is 0.497. The van der Waals surface area contributed by atoms with Gasteiger partial charge in [0.1, 0.15) is 0 Å². The molecule has 0 bridgehead atoms. The second-order valence-corrected chi connectivity index (χ2v) is 2.48. The second-order valence-electron chi connectivity index (χ2n) is 2.48. The standard InChI is InChI=1S/C7H16O3/c1-2-6(3-8)7(4-9)5-10/h6-10H,2-5H2,1H3/t6-/m1/s1. The van der Waals surface area contributed by atoms with E-state index in [1.165, 1.54) is 0 Å². The molecule has 0 heterocycles. The van der Waals surface area contributed by atoms with E-state index >= 15 is 0 Å². The predicted octanol–water partition coefficient (Wildman–Crippen LogP) is -0.394. The molecule has 0 aliphatic rings. The van der Waals surface area contributed by atoms with Gasteiger partial charge < -0.3 is 15.3 Å². The molecule has 0 spiro atoms. The van der Waals surface area contributed by atoms with Gasteiger partial charge in [-0.2, -0.15) is 0 Å². The zero-order valence-corrected chi connectivity index (χ0v) is 6.32. The fraction of sp³-hybridized carbons (Fsp3) is 1.00. The van der Waals surface area contributed by atoms with Crippen molar-refractivity contribution < 1.29 is 15.3 Å². The summed E-state index contributed by atoms with van der Waals surface area (Å²) in [6.45, 7) is 1.88. The molecule has 0 aliphatic carbocycles. The Kier molecular flexibility index (Phi) is 5.58. The molecule has 0 unspecified atom stereocenters. The first kappa shape index (κ1) is 9.88. The maximum Gasteiger partial charge on any atom is 0.0484 e. The van der Waals surface area contributed by atoms with Gasteiger partial charge in [-0.15, -0.1) is 0 Å². The average molecular weight is 148 g/mol. The molecule has 1 atom stereocenters. The zero-order valence-electron chi connectivity index (χ0n) is 6.32. The Hall–Kier alpha value is -0.120. The lowest BCUT2D eigenvalue weighted by molar-refractivity contribution is 0.0715. The number of aliphatic hydroxyl groups is 3. The van der Waals surface area contributed by atoms with E-state index in [4.69, 9.17) is 15.3 Å². The van der Waals surface area contributed by atoms with Crippen molar-refractivity contribution in [3.63, 3.8) is 0 Å². The Morgan fingerprint density at radius 3 is 1.40 bits per heavy atom. The Balaban J connectivity index is 3.70. The highest BCUT2D eigenvalue weighted by Crippen LogP contribution is 2.13. The topological polar surface area (TPSA) is 60.7 Å². The second kappa shape index (κ2) is 5.65. The minimum Gasteiger partial charge on any atom is -0.396 e. The maximum absolute atomic E-state index is 8.74. The van der Waals surface area contributed by atoms with Gasteiger partial charge in [0, 0.05) is 25.7 Å². The molecule has 0 aromatic rings. The fourth-order valence-electron chi connectivity index (χ4n) is 0.967. The Bertz CT molecular complexity index is 57.3. The van der Waals surface area contributed by atoms with Crippen LogP contribution in [0.25, 0.3) is 0 Å². The Morgan fingerprint density at radius 1 is 0.900 bits per heavy atom. The molecule has 3 heteroatoms. The van der Waals surface area contributed by atoms with Crippen LogP contribution in [0.2, 0.25) is 0 Å². The third-order valence-corrected chi connectivity index (χ3v) is 1.89. The van der Waals surface area contributed by atoms with Crippen molar-refractivity contribution in [3.05, 3.63) is 0 Å². The third-order valence-electron chi connectivity index (χ3n) is 1.89. The van der Waals surface area contributed by atoms with Crippen molar-refractivity contribution in [2.75, 3.05) is 19.8 Å². The molecule has 0 aromatic heterocycles. The maximum atomic E-state index is 8.74. The summed E-state index contributed by atoms with van der Waals surface area (Å²) < 4.78 is 0. The van der Waals surface area contributed by atoms with Gasteiger partial charge in [0.05, 0.1) is 0 Å². The van der Waals surface area contributed by atoms with Crippen molar-refractivity contribution in [3.8, 4) is 0 Å². The average Bonchev–Trinajstić information content (AvgIpc) is 2.00. The van der Waals surface area contributed by atoms with Crippen LogP contribution < -0.4 is 0 Å². The largest absolute Gasteiger partial charge is 0.396 e. The summed E-state index contributed by atoms with van der Waals surface area (Å²) in [4.78, 5) is 0. The highest BCUT2D eigenvalue weighted by molar-refractivity contribution is 4.65. The van der Waals surface area contributed by atoms with Crippen molar-refractivity contribution in [2.24, 2.45) is 11.8 Å². The van der Waals surface area contributed by atoms with Gasteiger partial charge in [-0.3, -0.25) is 0 Å². The molecule has 10 heavy (non-hydrogen) atoms. The van der Waals surface area contributed by atoms with Crippen LogP contribution in [0.4, 0.5) is 0 Å². The molecule has 3 nitrogen and oxygen atoms in total. The first-order chi connectivity index (χ1) is 4.79. The van der Waals surface area contributed by atoms with Gasteiger partial charge >= 0.3 is 0 Å². The van der Waals surface area contributed by atoms with Crippen molar-refractivity contribution in [1.29, 1.82) is 0 Å². The van der Waals surface area contributed by atoms with Crippen LogP contribution in [0.1, 0.15) is 13.3 Å². The Morgan fingerprint density at radius 2 is 1.30 bits per heavy atom. The highest BCUT2D eigenvalue weighted by atomic mass is 16.3. The summed E-state index contributed by atoms with van der Waals surface area (Å²) in [7, 11) is 0. The van der Waals surface area contributed by atoms with Crippen molar-refractivity contribution in [1.82, 2.24) is 0 Å². The van der Waals surface area contributed by atoms with Crippen LogP contribution in [0, 0.1) is 11.8 Å². The summed E-state index contributed by atoms with van der Waals surface area (Å²) in [6.07, 6.45) is 0.794. The lowest BCUT2D eigenvalue weighted by atomic mass is 9.92. The lowest BCUT2D eigenvalue weighted by Crippen LogP contribution is -2.24. The monoisotopic (exact) mass is 148 g/mol. The normalized spacial score (nSPS) is 14.1. The smallest absolute Gasteiger partial charge is 0.0484 e. The molecule has 0 saturated heterocycles. The van der Waals surface area contributed by atoms with E-state index in [1.807, 2.05) is 6.92 Å². The molecule has 0 amide bonds. The van der Waals surface area contributed by atoms with Crippen molar-refractivity contribution in [2.45, 2.75) is 13.3 Å². The molecule has 0 saturated carbocycles. The van der Waals surface area contributed by atoms with Crippen LogP contribution >= 0.6 is 0 Å². The predicted molar refractivity (Wildman–Crippen MR) is 38.5 cm³/mol. The molecule has 0 aromatic carbocycles. The number of aliphatic hydroxyl groups excluding tert-OH is 3. The summed E-state index contributed by atoms with van der Waals surface area (Å²) in [5, 5.41) is 26.1. The van der Waals surface area contributed by atoms with Crippen LogP contribution in [-0.4, -0.2) is 35.1 Å². The van der Waals surface area contributed by atoms with Crippen LogP contribution in [0.3, 0.4) is 0 Å². The van der Waals surface area contributed by atoms with E-state index in [0.29, 0.717) is 0 Å². The lowest BCUT2D eigenvalue weighted by Gasteiger charge is -2.19. The van der Waals surface area contributed by atoms with E-state index in [0.717, 1.165) is 6.42 Å². The van der Waals surface area contributed by atoms with Crippen LogP contribution in [0.5, 0.6) is 0 Å². The summed E-state index contributed by atoms with van der Waals surface area (Å²) in [5.74, 6) is -0.120. The van der Waals surface area contributed by atoms with Gasteiger partial charge in [-0.05, 0) is 5.92 Å². The summed E-state index contributed by atoms with van der Waals surface area (Å²) in [5.41, 5.74) is 0. The van der Waals surface area contributed by atoms with Crippen LogP contribution in [-0.2, 0) is 0 Å². The van der Waals surface area contributed by atoms with Crippen LogP contribution in [0.15, 0.2) is 0 Å². The number of hydrogen-bond donors (Lipinski definition) is 3. The first-order valence-electron chi connectivity index (χ1n) is 3.62. The van der Waals surface area contributed by atoms with E-state index in [9.17, 15) is 0 Å². The molecular weight excluding hydrogens is 132 g/mol. The van der Waals surface area contributed by atoms with Gasteiger partial charge in [0.25, 0.3) is 0 Å². The molecule has 62 valence electrons. The van der Waals surface area contributed by atoms with Gasteiger partial charge in [-0.25, -0.2) is 0 Å². The molecule has 0 radical (unpaired) electrons. The van der Waals surface area contributed by atoms with Gasteiger partial charge in [0.2, 0.25) is 0 Å². The number of rotatable bonds is 5. The van der Waals surface area contributed by atoms with Gasteiger partial charge in [0.15, 0.2) is 0 Å². The summed E-state index contributed by atoms with van der Waals surface area (Å²) >= 11 is 0. The minimum atomic E-state index is -0.157. The van der Waals surface area contributed by atoms with E-state index in [-0.39, 0.29) is 31.7 Å². The zero-order chi connectivity index (χ0) is 7.98. The Labute approximate surface area is 61.3 Å². The van der Waals surface area contributed by atoms with Gasteiger partial charge in [-0.1, -0.05) is 13.3 Å². The number of hydrogen-bond acceptors (Lipinski definition) is 3. The van der Waals surface area contributed by atoms with Crippen molar-refractivity contribution >= 4 is 0 Å². The van der Waals surface area contributed by atoms with E-state index in [2.05, 4.69) is 0 Å². The third kappa shape index (κ3) is 2.64. The van der Waals surface area contributed by atoms with E-state index < -0.39 is 0 Å². The SMILES string of the molecule is CC[C@H](CO)C(CO)CO. The van der Waals surface area contributed by atoms with E-state index in [1.54, 1.807) is 0 Å². The molecule has 0 aliphatic heterocycles. The molecular formula is C7H16O3. The fourth-order valence-corrected chi connectivity index (χ4v) is 0.967. The molecule has 0 rings (SSSR count). The summed E-state index contributed by atoms with van der Waals surface area (Å²) in [6, 6.07) is 0. The molecule has 3 N–H and O–H groups in total. The highest BCUT2D eigenvalue weighted by Gasteiger charge is 2.16. The first-order valence-corrected chi connectivity index (χ1v) is 3.62.